The van der Waals surface area contributed by atoms with Crippen molar-refractivity contribution in [1.29, 1.82) is 0 Å². The Morgan fingerprint density at radius 3 is 2.25 bits per heavy atom. The van der Waals surface area contributed by atoms with Crippen molar-refractivity contribution in [3.05, 3.63) is 0 Å². The SMILES string of the molecule is CC(C)(C)OC(=O)N1CC(OS(C)(=O)=O)CC1C(N)=O. The first kappa shape index (κ1) is 16.7. The standard InChI is InChI=1S/C11H20N2O6S/c1-11(2,3)18-10(15)13-6-7(19-20(4,16)17)5-8(13)9(12)14/h7-8H,5-6H2,1-4H3,(H2,12,14). The van der Waals surface area contributed by atoms with Gasteiger partial charge in [0.1, 0.15) is 11.6 Å². The van der Waals surface area contributed by atoms with Crippen LogP contribution in [0.25, 0.3) is 0 Å². The molecular weight excluding hydrogens is 288 g/mol. The average molecular weight is 308 g/mol. The second-order valence-corrected chi connectivity index (χ2v) is 7.31. The van der Waals surface area contributed by atoms with Gasteiger partial charge in [-0.25, -0.2) is 4.79 Å². The molecule has 0 saturated carbocycles. The highest BCUT2D eigenvalue weighted by molar-refractivity contribution is 7.86. The van der Waals surface area contributed by atoms with Gasteiger partial charge in [0.05, 0.1) is 18.9 Å². The van der Waals surface area contributed by atoms with Gasteiger partial charge in [-0.1, -0.05) is 0 Å². The van der Waals surface area contributed by atoms with Crippen molar-refractivity contribution in [1.82, 2.24) is 4.90 Å². The smallest absolute Gasteiger partial charge is 0.411 e. The molecule has 2 unspecified atom stereocenters. The molecule has 0 radical (unpaired) electrons. The number of primary amides is 1. The zero-order valence-corrected chi connectivity index (χ0v) is 12.8. The Kier molecular flexibility index (Phi) is 4.65. The molecule has 0 aromatic rings. The third-order valence-electron chi connectivity index (χ3n) is 2.53. The number of nitrogens with zero attached hydrogens (tertiary/aromatic N) is 1. The number of hydrogen-bond acceptors (Lipinski definition) is 6. The van der Waals surface area contributed by atoms with Gasteiger partial charge in [0.15, 0.2) is 0 Å². The minimum absolute atomic E-state index is 0.0294. The second-order valence-electron chi connectivity index (χ2n) is 5.71. The number of hydrogen-bond donors (Lipinski definition) is 1. The Morgan fingerprint density at radius 1 is 1.30 bits per heavy atom. The van der Waals surface area contributed by atoms with E-state index in [2.05, 4.69) is 0 Å². The van der Waals surface area contributed by atoms with Crippen LogP contribution in [0, 0.1) is 0 Å². The van der Waals surface area contributed by atoms with Crippen LogP contribution in [0.15, 0.2) is 0 Å². The molecule has 0 bridgehead atoms. The van der Waals surface area contributed by atoms with Crippen molar-refractivity contribution in [2.45, 2.75) is 44.9 Å². The van der Waals surface area contributed by atoms with E-state index in [0.717, 1.165) is 11.2 Å². The number of carbonyl (C=O) groups excluding carboxylic acids is 2. The minimum Gasteiger partial charge on any atom is -0.444 e. The molecule has 0 aromatic heterocycles. The Balaban J connectivity index is 2.83. The summed E-state index contributed by atoms with van der Waals surface area (Å²) in [7, 11) is -3.67. The molecule has 1 fully saturated rings. The van der Waals surface area contributed by atoms with Crippen LogP contribution in [0.1, 0.15) is 27.2 Å². The van der Waals surface area contributed by atoms with Crippen molar-refractivity contribution in [3.63, 3.8) is 0 Å². The number of rotatable bonds is 3. The summed E-state index contributed by atoms with van der Waals surface area (Å²) in [6, 6.07) is -0.934. The molecule has 2 atom stereocenters. The maximum Gasteiger partial charge on any atom is 0.411 e. The monoisotopic (exact) mass is 308 g/mol. The molecule has 1 heterocycles. The van der Waals surface area contributed by atoms with Crippen LogP contribution in [0.2, 0.25) is 0 Å². The predicted molar refractivity (Wildman–Crippen MR) is 70.3 cm³/mol. The van der Waals surface area contributed by atoms with E-state index in [9.17, 15) is 18.0 Å². The zero-order chi connectivity index (χ0) is 15.7. The molecule has 2 amide bonds. The van der Waals surface area contributed by atoms with Crippen LogP contribution in [0.3, 0.4) is 0 Å². The number of carbonyl (C=O) groups is 2. The molecule has 8 nitrogen and oxygen atoms in total. The highest BCUT2D eigenvalue weighted by Crippen LogP contribution is 2.24. The van der Waals surface area contributed by atoms with Crippen LogP contribution in [-0.2, 0) is 23.8 Å². The zero-order valence-electron chi connectivity index (χ0n) is 12.0. The highest BCUT2D eigenvalue weighted by atomic mass is 32.2. The van der Waals surface area contributed by atoms with Crippen LogP contribution in [-0.4, -0.2) is 55.9 Å². The van der Waals surface area contributed by atoms with E-state index in [1.54, 1.807) is 20.8 Å². The van der Waals surface area contributed by atoms with Gasteiger partial charge >= 0.3 is 6.09 Å². The molecule has 116 valence electrons. The Bertz CT molecular complexity index is 496. The van der Waals surface area contributed by atoms with E-state index in [1.807, 2.05) is 0 Å². The van der Waals surface area contributed by atoms with Crippen LogP contribution in [0.5, 0.6) is 0 Å². The fourth-order valence-corrected chi connectivity index (χ4v) is 2.54. The topological polar surface area (TPSA) is 116 Å². The lowest BCUT2D eigenvalue weighted by molar-refractivity contribution is -0.122. The van der Waals surface area contributed by atoms with Crippen molar-refractivity contribution in [3.8, 4) is 0 Å². The summed E-state index contributed by atoms with van der Waals surface area (Å²) in [4.78, 5) is 24.4. The lowest BCUT2D eigenvalue weighted by atomic mass is 10.2. The summed E-state index contributed by atoms with van der Waals surface area (Å²) >= 11 is 0. The molecule has 9 heteroatoms. The van der Waals surface area contributed by atoms with E-state index in [-0.39, 0.29) is 13.0 Å². The molecule has 2 N–H and O–H groups in total. The number of amides is 2. The molecule has 0 aliphatic carbocycles. The quantitative estimate of drug-likeness (QED) is 0.723. The first-order chi connectivity index (χ1) is 8.89. The second kappa shape index (κ2) is 5.57. The molecule has 1 saturated heterocycles. The van der Waals surface area contributed by atoms with E-state index < -0.39 is 39.9 Å². The number of ether oxygens (including phenoxy) is 1. The minimum atomic E-state index is -3.67. The lowest BCUT2D eigenvalue weighted by Crippen LogP contribution is -2.45. The Hall–Kier alpha value is -1.35. The van der Waals surface area contributed by atoms with Gasteiger partial charge in [-0.2, -0.15) is 8.42 Å². The van der Waals surface area contributed by atoms with Crippen molar-refractivity contribution < 1.29 is 26.9 Å². The lowest BCUT2D eigenvalue weighted by Gasteiger charge is -2.27. The molecule has 1 aliphatic rings. The summed E-state index contributed by atoms with van der Waals surface area (Å²) in [5, 5.41) is 0. The summed E-state index contributed by atoms with van der Waals surface area (Å²) in [6.45, 7) is 5.00. The molecule has 20 heavy (non-hydrogen) atoms. The van der Waals surface area contributed by atoms with Gasteiger partial charge in [0.25, 0.3) is 10.1 Å². The van der Waals surface area contributed by atoms with E-state index in [4.69, 9.17) is 14.7 Å². The van der Waals surface area contributed by atoms with Gasteiger partial charge < -0.3 is 10.5 Å². The molecule has 1 aliphatic heterocycles. The largest absolute Gasteiger partial charge is 0.444 e. The molecule has 1 rings (SSSR count). The average Bonchev–Trinajstić information content (AvgIpc) is 2.56. The van der Waals surface area contributed by atoms with E-state index >= 15 is 0 Å². The van der Waals surface area contributed by atoms with E-state index in [0.29, 0.717) is 0 Å². The van der Waals surface area contributed by atoms with Crippen LogP contribution >= 0.6 is 0 Å². The first-order valence-corrected chi connectivity index (χ1v) is 7.88. The normalized spacial score (nSPS) is 23.7. The van der Waals surface area contributed by atoms with Crippen molar-refractivity contribution >= 4 is 22.1 Å². The maximum atomic E-state index is 12.0. The highest BCUT2D eigenvalue weighted by Gasteiger charge is 2.42. The molecule has 0 aromatic carbocycles. The van der Waals surface area contributed by atoms with Gasteiger partial charge in [0.2, 0.25) is 5.91 Å². The summed E-state index contributed by atoms with van der Waals surface area (Å²) in [6.07, 6.45) is -0.583. The van der Waals surface area contributed by atoms with Crippen LogP contribution in [0.4, 0.5) is 4.79 Å². The third-order valence-corrected chi connectivity index (χ3v) is 3.15. The fraction of sp³-hybridized carbons (Fsp3) is 0.818. The maximum absolute atomic E-state index is 12.0. The summed E-state index contributed by atoms with van der Waals surface area (Å²) < 4.78 is 32.2. The molecule has 0 spiro atoms. The fourth-order valence-electron chi connectivity index (χ4n) is 1.91. The Labute approximate surface area is 118 Å². The summed E-state index contributed by atoms with van der Waals surface area (Å²) in [5.41, 5.74) is 4.50. The number of likely N-dealkylation sites (tertiary alicyclic amines) is 1. The molecular formula is C11H20N2O6S. The van der Waals surface area contributed by atoms with Gasteiger partial charge in [0, 0.05) is 6.42 Å². The third kappa shape index (κ3) is 4.97. The Morgan fingerprint density at radius 2 is 1.85 bits per heavy atom. The summed E-state index contributed by atoms with van der Waals surface area (Å²) in [5.74, 6) is -0.726. The van der Waals surface area contributed by atoms with Crippen molar-refractivity contribution in [2.24, 2.45) is 5.73 Å². The predicted octanol–water partition coefficient (Wildman–Crippen LogP) is -0.174. The van der Waals surface area contributed by atoms with Gasteiger partial charge in [-0.05, 0) is 20.8 Å². The van der Waals surface area contributed by atoms with Gasteiger partial charge in [-0.15, -0.1) is 0 Å². The number of nitrogens with two attached hydrogens (primary N) is 1. The van der Waals surface area contributed by atoms with Crippen molar-refractivity contribution in [2.75, 3.05) is 12.8 Å². The first-order valence-electron chi connectivity index (χ1n) is 6.06. The van der Waals surface area contributed by atoms with E-state index in [1.165, 1.54) is 0 Å². The van der Waals surface area contributed by atoms with Gasteiger partial charge in [-0.3, -0.25) is 13.9 Å². The van der Waals surface area contributed by atoms with Crippen LogP contribution < -0.4 is 5.73 Å².